The number of amides is 2. The second-order valence-electron chi connectivity index (χ2n) is 6.60. The average molecular weight is 357 g/mol. The third kappa shape index (κ3) is 3.63. The van der Waals surface area contributed by atoms with E-state index in [1.165, 1.54) is 4.88 Å². The van der Waals surface area contributed by atoms with Gasteiger partial charge in [0.25, 0.3) is 0 Å². The van der Waals surface area contributed by atoms with E-state index in [1.54, 1.807) is 16.2 Å². The van der Waals surface area contributed by atoms with Gasteiger partial charge in [-0.15, -0.1) is 11.3 Å². The van der Waals surface area contributed by atoms with Crippen LogP contribution < -0.4 is 5.32 Å². The van der Waals surface area contributed by atoms with Crippen molar-refractivity contribution in [2.24, 2.45) is 11.8 Å². The largest absolute Gasteiger partial charge is 0.481 e. The number of carbonyl (C=O) groups excluding carboxylic acids is 1. The van der Waals surface area contributed by atoms with E-state index in [0.717, 1.165) is 29.2 Å². The van der Waals surface area contributed by atoms with Crippen molar-refractivity contribution in [1.29, 1.82) is 0 Å². The maximum atomic E-state index is 12.6. The molecule has 2 N–H and O–H groups in total. The van der Waals surface area contributed by atoms with Gasteiger partial charge in [-0.2, -0.15) is 0 Å². The Morgan fingerprint density at radius 1 is 1.43 bits per heavy atom. The second kappa shape index (κ2) is 6.69. The van der Waals surface area contributed by atoms with Crippen molar-refractivity contribution in [3.8, 4) is 0 Å². The molecule has 2 amide bonds. The number of piperidine rings is 1. The molecule has 23 heavy (non-hydrogen) atoms. The lowest BCUT2D eigenvalue weighted by Crippen LogP contribution is -2.50. The van der Waals surface area contributed by atoms with Crippen molar-refractivity contribution >= 4 is 34.9 Å². The first-order valence-electron chi connectivity index (χ1n) is 8.00. The standard InChI is InChI=1S/C16H21ClN2O3S/c1-9-5-10(15(20)21)8-19(7-9)16(22)18-12-3-2-4-13-11(12)6-14(17)23-13/h6,9-10,12H,2-5,7-8H2,1H3,(H,18,22)(H,20,21). The number of thiophene rings is 1. The minimum absolute atomic E-state index is 0.0180. The molecule has 0 spiro atoms. The van der Waals surface area contributed by atoms with Crippen molar-refractivity contribution in [3.05, 3.63) is 20.8 Å². The Balaban J connectivity index is 1.68. The molecule has 3 atom stereocenters. The first kappa shape index (κ1) is 16.6. The van der Waals surface area contributed by atoms with Gasteiger partial charge in [0, 0.05) is 18.0 Å². The third-order valence-corrected chi connectivity index (χ3v) is 6.02. The number of halogens is 1. The molecule has 1 aromatic heterocycles. The number of carboxylic acids is 1. The van der Waals surface area contributed by atoms with Crippen molar-refractivity contribution < 1.29 is 14.7 Å². The molecule has 2 aliphatic rings. The number of nitrogens with zero attached hydrogens (tertiary/aromatic N) is 1. The van der Waals surface area contributed by atoms with Gasteiger partial charge in [-0.25, -0.2) is 4.79 Å². The van der Waals surface area contributed by atoms with Crippen LogP contribution in [-0.2, 0) is 11.2 Å². The van der Waals surface area contributed by atoms with Gasteiger partial charge in [0.15, 0.2) is 0 Å². The summed E-state index contributed by atoms with van der Waals surface area (Å²) in [5, 5.41) is 12.3. The predicted molar refractivity (Wildman–Crippen MR) is 90.0 cm³/mol. The SMILES string of the molecule is CC1CC(C(=O)O)CN(C(=O)NC2CCCc3sc(Cl)cc32)C1. The molecule has 3 unspecified atom stereocenters. The van der Waals surface area contributed by atoms with Crippen LogP contribution in [0.1, 0.15) is 42.7 Å². The Morgan fingerprint density at radius 3 is 2.96 bits per heavy atom. The van der Waals surface area contributed by atoms with Crippen LogP contribution in [0.3, 0.4) is 0 Å². The Kier molecular flexibility index (Phi) is 4.82. The van der Waals surface area contributed by atoms with Gasteiger partial charge in [0.1, 0.15) is 0 Å². The summed E-state index contributed by atoms with van der Waals surface area (Å²) in [6, 6.07) is 1.77. The zero-order valence-corrected chi connectivity index (χ0v) is 14.6. The minimum atomic E-state index is -0.820. The van der Waals surface area contributed by atoms with Gasteiger partial charge in [0.05, 0.1) is 16.3 Å². The van der Waals surface area contributed by atoms with Gasteiger partial charge in [-0.05, 0) is 43.2 Å². The zero-order chi connectivity index (χ0) is 16.6. The highest BCUT2D eigenvalue weighted by atomic mass is 35.5. The first-order valence-corrected chi connectivity index (χ1v) is 9.20. The summed E-state index contributed by atoms with van der Waals surface area (Å²) in [6.07, 6.45) is 3.58. The van der Waals surface area contributed by atoms with Crippen LogP contribution in [0.25, 0.3) is 0 Å². The van der Waals surface area contributed by atoms with Crippen molar-refractivity contribution in [3.63, 3.8) is 0 Å². The summed E-state index contributed by atoms with van der Waals surface area (Å²) in [6.45, 7) is 2.89. The van der Waals surface area contributed by atoms with Crippen LogP contribution in [0, 0.1) is 11.8 Å². The maximum absolute atomic E-state index is 12.6. The van der Waals surface area contributed by atoms with E-state index in [9.17, 15) is 14.7 Å². The predicted octanol–water partition coefficient (Wildman–Crippen LogP) is 3.53. The van der Waals surface area contributed by atoms with E-state index in [4.69, 9.17) is 11.6 Å². The molecule has 1 aromatic rings. The summed E-state index contributed by atoms with van der Waals surface area (Å²) in [5.74, 6) is -1.09. The topological polar surface area (TPSA) is 69.6 Å². The van der Waals surface area contributed by atoms with Crippen LogP contribution in [-0.4, -0.2) is 35.1 Å². The molecule has 126 valence electrons. The Morgan fingerprint density at radius 2 is 2.22 bits per heavy atom. The molecule has 1 fully saturated rings. The Hall–Kier alpha value is -1.27. The van der Waals surface area contributed by atoms with Crippen LogP contribution in [0.2, 0.25) is 4.34 Å². The lowest BCUT2D eigenvalue weighted by molar-refractivity contribution is -0.143. The number of likely N-dealkylation sites (tertiary alicyclic amines) is 1. The summed E-state index contributed by atoms with van der Waals surface area (Å²) in [7, 11) is 0. The maximum Gasteiger partial charge on any atom is 0.317 e. The quantitative estimate of drug-likeness (QED) is 0.851. The van der Waals surface area contributed by atoms with Crippen LogP contribution >= 0.6 is 22.9 Å². The van der Waals surface area contributed by atoms with Gasteiger partial charge in [-0.3, -0.25) is 4.79 Å². The molecule has 1 aliphatic carbocycles. The van der Waals surface area contributed by atoms with Gasteiger partial charge < -0.3 is 15.3 Å². The normalized spacial score (nSPS) is 27.4. The van der Waals surface area contributed by atoms with Crippen molar-refractivity contribution in [1.82, 2.24) is 10.2 Å². The van der Waals surface area contributed by atoms with Crippen molar-refractivity contribution in [2.45, 2.75) is 38.6 Å². The molecule has 0 bridgehead atoms. The van der Waals surface area contributed by atoms with E-state index in [1.807, 2.05) is 13.0 Å². The Bertz CT molecular complexity index is 618. The fourth-order valence-electron chi connectivity index (χ4n) is 3.61. The Labute approximate surface area is 144 Å². The molecule has 0 radical (unpaired) electrons. The number of urea groups is 1. The number of hydrogen-bond acceptors (Lipinski definition) is 3. The number of nitrogens with one attached hydrogen (secondary N) is 1. The summed E-state index contributed by atoms with van der Waals surface area (Å²) in [5.41, 5.74) is 1.12. The van der Waals surface area contributed by atoms with Crippen molar-refractivity contribution in [2.75, 3.05) is 13.1 Å². The van der Waals surface area contributed by atoms with E-state index in [0.29, 0.717) is 13.0 Å². The molecular weight excluding hydrogens is 336 g/mol. The van der Waals surface area contributed by atoms with E-state index in [-0.39, 0.29) is 24.5 Å². The first-order chi connectivity index (χ1) is 10.9. The third-order valence-electron chi connectivity index (χ3n) is 4.68. The molecule has 5 nitrogen and oxygen atoms in total. The number of hydrogen-bond donors (Lipinski definition) is 2. The number of carboxylic acid groups (broad SMARTS) is 1. The number of aryl methyl sites for hydroxylation is 1. The summed E-state index contributed by atoms with van der Waals surface area (Å²) >= 11 is 7.69. The highest BCUT2D eigenvalue weighted by Gasteiger charge is 2.33. The molecule has 1 aliphatic heterocycles. The molecule has 2 heterocycles. The number of aliphatic carboxylic acids is 1. The van der Waals surface area contributed by atoms with E-state index in [2.05, 4.69) is 5.32 Å². The second-order valence-corrected chi connectivity index (χ2v) is 8.37. The van der Waals surface area contributed by atoms with Crippen LogP contribution in [0.5, 0.6) is 0 Å². The molecule has 0 saturated carbocycles. The number of carbonyl (C=O) groups is 2. The minimum Gasteiger partial charge on any atom is -0.481 e. The molecule has 7 heteroatoms. The molecule has 3 rings (SSSR count). The summed E-state index contributed by atoms with van der Waals surface area (Å²) < 4.78 is 0.758. The van der Waals surface area contributed by atoms with Gasteiger partial charge >= 0.3 is 12.0 Å². The number of fused-ring (bicyclic) bond motifs is 1. The summed E-state index contributed by atoms with van der Waals surface area (Å²) in [4.78, 5) is 26.7. The lowest BCUT2D eigenvalue weighted by Gasteiger charge is -2.36. The smallest absolute Gasteiger partial charge is 0.317 e. The fourth-order valence-corrected chi connectivity index (χ4v) is 4.99. The van der Waals surface area contributed by atoms with Gasteiger partial charge in [-0.1, -0.05) is 18.5 Å². The monoisotopic (exact) mass is 356 g/mol. The van der Waals surface area contributed by atoms with E-state index >= 15 is 0 Å². The zero-order valence-electron chi connectivity index (χ0n) is 13.0. The van der Waals surface area contributed by atoms with Gasteiger partial charge in [0.2, 0.25) is 0 Å². The lowest BCUT2D eigenvalue weighted by atomic mass is 9.90. The van der Waals surface area contributed by atoms with Crippen LogP contribution in [0.4, 0.5) is 4.79 Å². The highest BCUT2D eigenvalue weighted by Crippen LogP contribution is 2.38. The fraction of sp³-hybridized carbons (Fsp3) is 0.625. The molecular formula is C16H21ClN2O3S. The van der Waals surface area contributed by atoms with E-state index < -0.39 is 11.9 Å². The van der Waals surface area contributed by atoms with Crippen LogP contribution in [0.15, 0.2) is 6.07 Å². The molecule has 0 aromatic carbocycles. The number of rotatable bonds is 2. The molecule has 1 saturated heterocycles. The average Bonchev–Trinajstić information content (AvgIpc) is 2.88. The highest BCUT2D eigenvalue weighted by molar-refractivity contribution is 7.16.